The van der Waals surface area contributed by atoms with Gasteiger partial charge in [0.2, 0.25) is 0 Å². The van der Waals surface area contributed by atoms with E-state index in [1.165, 1.54) is 0 Å². The fraction of sp³-hybridized carbons (Fsp3) is 0.357. The molecule has 0 atom stereocenters. The molecule has 1 N–H and O–H groups in total. The van der Waals surface area contributed by atoms with Crippen molar-refractivity contribution in [3.05, 3.63) is 35.7 Å². The number of nitrogens with one attached hydrogen (secondary N) is 1. The van der Waals surface area contributed by atoms with E-state index in [9.17, 15) is 0 Å². The maximum absolute atomic E-state index is 5.52. The van der Waals surface area contributed by atoms with Gasteiger partial charge in [-0.05, 0) is 44.0 Å². The van der Waals surface area contributed by atoms with Crippen LogP contribution in [0, 0.1) is 6.92 Å². The van der Waals surface area contributed by atoms with Crippen LogP contribution in [-0.2, 0) is 6.42 Å². The summed E-state index contributed by atoms with van der Waals surface area (Å²) in [6, 6.07) is 6.14. The Kier molecular flexibility index (Phi) is 3.47. The molecule has 0 bridgehead atoms. The van der Waals surface area contributed by atoms with E-state index < -0.39 is 0 Å². The molecule has 0 radical (unpaired) electrons. The fourth-order valence-electron chi connectivity index (χ4n) is 1.80. The summed E-state index contributed by atoms with van der Waals surface area (Å²) in [6.07, 6.45) is 2.91. The van der Waals surface area contributed by atoms with E-state index in [1.807, 2.05) is 25.3 Å². The molecule has 0 saturated carbocycles. The molecular weight excluding hydrogens is 212 g/mol. The molecule has 0 spiro atoms. The van der Waals surface area contributed by atoms with Gasteiger partial charge in [-0.25, -0.2) is 4.98 Å². The number of hydrogen-bond donors (Lipinski definition) is 1. The second-order valence-electron chi connectivity index (χ2n) is 4.01. The standard InChI is InChI=1S/C14H18N2O/c1-4-12-9-15-14(16-12)11-6-7-13(17-5-2)10(3)8-11/h6-9H,4-5H2,1-3H3,(H,15,16). The van der Waals surface area contributed by atoms with E-state index >= 15 is 0 Å². The van der Waals surface area contributed by atoms with E-state index in [2.05, 4.69) is 29.9 Å². The van der Waals surface area contributed by atoms with Crippen molar-refractivity contribution in [3.8, 4) is 17.1 Å². The van der Waals surface area contributed by atoms with Crippen LogP contribution >= 0.6 is 0 Å². The predicted molar refractivity (Wildman–Crippen MR) is 69.3 cm³/mol. The monoisotopic (exact) mass is 230 g/mol. The molecule has 1 heterocycles. The predicted octanol–water partition coefficient (Wildman–Crippen LogP) is 3.35. The number of aromatic nitrogens is 2. The Hall–Kier alpha value is -1.77. The first-order valence-corrected chi connectivity index (χ1v) is 6.02. The van der Waals surface area contributed by atoms with Crippen molar-refractivity contribution in [1.29, 1.82) is 0 Å². The average molecular weight is 230 g/mol. The number of aryl methyl sites for hydroxylation is 2. The Bertz CT molecular complexity index is 503. The van der Waals surface area contributed by atoms with Crippen LogP contribution in [0.3, 0.4) is 0 Å². The zero-order chi connectivity index (χ0) is 12.3. The highest BCUT2D eigenvalue weighted by Gasteiger charge is 2.05. The molecule has 0 aliphatic heterocycles. The summed E-state index contributed by atoms with van der Waals surface area (Å²) >= 11 is 0. The molecule has 0 amide bonds. The minimum absolute atomic E-state index is 0.695. The Balaban J connectivity index is 2.30. The quantitative estimate of drug-likeness (QED) is 0.874. The summed E-state index contributed by atoms with van der Waals surface area (Å²) in [5.74, 6) is 1.87. The number of ether oxygens (including phenoxy) is 1. The lowest BCUT2D eigenvalue weighted by atomic mass is 10.1. The Morgan fingerprint density at radius 3 is 2.71 bits per heavy atom. The van der Waals surface area contributed by atoms with Crippen LogP contribution in [0.4, 0.5) is 0 Å². The molecule has 17 heavy (non-hydrogen) atoms. The molecule has 2 aromatic rings. The first kappa shape index (κ1) is 11.7. The van der Waals surface area contributed by atoms with Gasteiger partial charge in [-0.1, -0.05) is 6.92 Å². The topological polar surface area (TPSA) is 37.9 Å². The summed E-state index contributed by atoms with van der Waals surface area (Å²) in [5.41, 5.74) is 3.33. The summed E-state index contributed by atoms with van der Waals surface area (Å²) < 4.78 is 5.52. The minimum atomic E-state index is 0.695. The number of H-pyrrole nitrogens is 1. The first-order valence-electron chi connectivity index (χ1n) is 6.02. The minimum Gasteiger partial charge on any atom is -0.494 e. The third-order valence-corrected chi connectivity index (χ3v) is 2.74. The van der Waals surface area contributed by atoms with Gasteiger partial charge < -0.3 is 9.72 Å². The lowest BCUT2D eigenvalue weighted by Gasteiger charge is -2.07. The van der Waals surface area contributed by atoms with E-state index in [0.29, 0.717) is 6.61 Å². The molecule has 3 heteroatoms. The van der Waals surface area contributed by atoms with Gasteiger partial charge in [0.05, 0.1) is 12.3 Å². The maximum Gasteiger partial charge on any atom is 0.137 e. The smallest absolute Gasteiger partial charge is 0.137 e. The van der Waals surface area contributed by atoms with Crippen molar-refractivity contribution in [2.24, 2.45) is 0 Å². The number of aromatic amines is 1. The van der Waals surface area contributed by atoms with Crippen LogP contribution in [0.25, 0.3) is 11.4 Å². The van der Waals surface area contributed by atoms with Crippen molar-refractivity contribution < 1.29 is 4.74 Å². The molecule has 0 saturated heterocycles. The van der Waals surface area contributed by atoms with Crippen LogP contribution in [0.1, 0.15) is 25.1 Å². The van der Waals surface area contributed by atoms with Crippen LogP contribution in [0.2, 0.25) is 0 Å². The number of rotatable bonds is 4. The number of nitrogens with zero attached hydrogens (tertiary/aromatic N) is 1. The largest absolute Gasteiger partial charge is 0.494 e. The van der Waals surface area contributed by atoms with Gasteiger partial charge in [0, 0.05) is 11.8 Å². The Morgan fingerprint density at radius 2 is 2.12 bits per heavy atom. The molecule has 0 aliphatic carbocycles. The van der Waals surface area contributed by atoms with Gasteiger partial charge in [0.25, 0.3) is 0 Å². The third kappa shape index (κ3) is 2.49. The van der Waals surface area contributed by atoms with Crippen LogP contribution in [0.15, 0.2) is 24.4 Å². The van der Waals surface area contributed by atoms with Crippen molar-refractivity contribution in [3.63, 3.8) is 0 Å². The van der Waals surface area contributed by atoms with Gasteiger partial charge in [-0.15, -0.1) is 0 Å². The maximum atomic E-state index is 5.52. The molecule has 1 aromatic heterocycles. The van der Waals surface area contributed by atoms with Crippen LogP contribution in [-0.4, -0.2) is 16.6 Å². The van der Waals surface area contributed by atoms with Crippen LogP contribution in [0.5, 0.6) is 5.75 Å². The highest BCUT2D eigenvalue weighted by molar-refractivity contribution is 5.58. The van der Waals surface area contributed by atoms with Crippen molar-refractivity contribution >= 4 is 0 Å². The lowest BCUT2D eigenvalue weighted by molar-refractivity contribution is 0.338. The second-order valence-corrected chi connectivity index (χ2v) is 4.01. The number of benzene rings is 1. The number of hydrogen-bond acceptors (Lipinski definition) is 2. The zero-order valence-electron chi connectivity index (χ0n) is 10.6. The molecule has 0 fully saturated rings. The highest BCUT2D eigenvalue weighted by Crippen LogP contribution is 2.24. The highest BCUT2D eigenvalue weighted by atomic mass is 16.5. The summed E-state index contributed by atoms with van der Waals surface area (Å²) in [4.78, 5) is 7.72. The SMILES string of the molecule is CCOc1ccc(-c2nc(CC)c[nH]2)cc1C. The van der Waals surface area contributed by atoms with E-state index in [1.54, 1.807) is 0 Å². The molecule has 3 nitrogen and oxygen atoms in total. The van der Waals surface area contributed by atoms with Gasteiger partial charge in [-0.2, -0.15) is 0 Å². The Morgan fingerprint density at radius 1 is 1.29 bits per heavy atom. The molecule has 1 aromatic carbocycles. The molecule has 0 unspecified atom stereocenters. The average Bonchev–Trinajstić information content (AvgIpc) is 2.80. The van der Waals surface area contributed by atoms with Crippen molar-refractivity contribution in [2.75, 3.05) is 6.61 Å². The second kappa shape index (κ2) is 5.04. The zero-order valence-corrected chi connectivity index (χ0v) is 10.6. The van der Waals surface area contributed by atoms with E-state index in [4.69, 9.17) is 4.74 Å². The van der Waals surface area contributed by atoms with E-state index in [-0.39, 0.29) is 0 Å². The Labute approximate surface area is 102 Å². The number of imidazole rings is 1. The summed E-state index contributed by atoms with van der Waals surface area (Å²) in [6.45, 7) is 6.84. The summed E-state index contributed by atoms with van der Waals surface area (Å²) in [7, 11) is 0. The fourth-order valence-corrected chi connectivity index (χ4v) is 1.80. The van der Waals surface area contributed by atoms with Gasteiger partial charge >= 0.3 is 0 Å². The summed E-state index contributed by atoms with van der Waals surface area (Å²) in [5, 5.41) is 0. The molecule has 90 valence electrons. The van der Waals surface area contributed by atoms with Gasteiger partial charge in [-0.3, -0.25) is 0 Å². The third-order valence-electron chi connectivity index (χ3n) is 2.74. The van der Waals surface area contributed by atoms with Crippen LogP contribution < -0.4 is 4.74 Å². The van der Waals surface area contributed by atoms with Crippen molar-refractivity contribution in [2.45, 2.75) is 27.2 Å². The van der Waals surface area contributed by atoms with Gasteiger partial charge in [0.15, 0.2) is 0 Å². The lowest BCUT2D eigenvalue weighted by Crippen LogP contribution is -1.94. The molecular formula is C14H18N2O. The van der Waals surface area contributed by atoms with Gasteiger partial charge in [0.1, 0.15) is 11.6 Å². The molecule has 0 aliphatic rings. The van der Waals surface area contributed by atoms with E-state index in [0.717, 1.165) is 34.8 Å². The normalized spacial score (nSPS) is 10.5. The first-order chi connectivity index (χ1) is 8.24. The van der Waals surface area contributed by atoms with Crippen molar-refractivity contribution in [1.82, 2.24) is 9.97 Å². The molecule has 2 rings (SSSR count).